The Morgan fingerprint density at radius 3 is 2.62 bits per heavy atom. The number of aromatic nitrogens is 2. The fourth-order valence-electron chi connectivity index (χ4n) is 1.11. The van der Waals surface area contributed by atoms with Crippen LogP contribution in [0.4, 0.5) is 0 Å². The lowest BCUT2D eigenvalue weighted by molar-refractivity contribution is -0.143. The van der Waals surface area contributed by atoms with Gasteiger partial charge in [0, 0.05) is 24.8 Å². The maximum Gasteiger partial charge on any atom is 0.362 e. The van der Waals surface area contributed by atoms with Crippen molar-refractivity contribution >= 4 is 18.4 Å². The normalized spacial score (nSPS) is 17.8. The predicted molar refractivity (Wildman–Crippen MR) is 44.9 cm³/mol. The van der Waals surface area contributed by atoms with E-state index in [-0.39, 0.29) is 5.82 Å². The topological polar surface area (TPSA) is 90.7 Å². The van der Waals surface area contributed by atoms with Crippen LogP contribution in [0.3, 0.4) is 0 Å². The maximum absolute atomic E-state index is 10.9. The standard InChI is InChI=1S/C7H6N4O2/c12-6(13)7(10-3-4-11-7)5-8-1-2-9-5/h1-4H,(H,8,9)(H,12,13). The van der Waals surface area contributed by atoms with Crippen molar-refractivity contribution in [3.8, 4) is 0 Å². The van der Waals surface area contributed by atoms with E-state index in [0.717, 1.165) is 0 Å². The molecule has 0 saturated carbocycles. The number of carbonyl (C=O) groups is 1. The molecule has 6 nitrogen and oxygen atoms in total. The maximum atomic E-state index is 10.9. The van der Waals surface area contributed by atoms with Crippen molar-refractivity contribution in [2.24, 2.45) is 9.98 Å². The highest BCUT2D eigenvalue weighted by Gasteiger charge is 2.43. The van der Waals surface area contributed by atoms with E-state index in [9.17, 15) is 4.79 Å². The van der Waals surface area contributed by atoms with Gasteiger partial charge in [-0.05, 0) is 0 Å². The third-order valence-electron chi connectivity index (χ3n) is 1.72. The molecule has 2 N–H and O–H groups in total. The molecule has 0 aromatic carbocycles. The molecule has 0 aliphatic carbocycles. The van der Waals surface area contributed by atoms with Crippen molar-refractivity contribution in [2.45, 2.75) is 5.66 Å². The number of aromatic amines is 1. The zero-order valence-corrected chi connectivity index (χ0v) is 6.51. The first-order valence-electron chi connectivity index (χ1n) is 3.58. The van der Waals surface area contributed by atoms with Gasteiger partial charge in [0.15, 0.2) is 5.82 Å². The van der Waals surface area contributed by atoms with E-state index in [1.807, 2.05) is 0 Å². The number of imidazole rings is 1. The average molecular weight is 178 g/mol. The molecule has 2 rings (SSSR count). The van der Waals surface area contributed by atoms with E-state index in [2.05, 4.69) is 20.0 Å². The quantitative estimate of drug-likeness (QED) is 0.657. The molecule has 13 heavy (non-hydrogen) atoms. The number of hydrogen-bond acceptors (Lipinski definition) is 4. The zero-order valence-electron chi connectivity index (χ0n) is 6.51. The van der Waals surface area contributed by atoms with Gasteiger partial charge in [0.05, 0.1) is 0 Å². The highest BCUT2D eigenvalue weighted by atomic mass is 16.4. The Bertz CT molecular complexity index is 367. The molecular weight excluding hydrogens is 172 g/mol. The second kappa shape index (κ2) is 2.51. The van der Waals surface area contributed by atoms with Crippen LogP contribution < -0.4 is 0 Å². The Hall–Kier alpha value is -1.98. The molecule has 66 valence electrons. The molecule has 0 atom stereocenters. The van der Waals surface area contributed by atoms with Gasteiger partial charge in [0.25, 0.3) is 0 Å². The van der Waals surface area contributed by atoms with Crippen molar-refractivity contribution in [3.05, 3.63) is 18.2 Å². The molecular formula is C7H6N4O2. The van der Waals surface area contributed by atoms with Crippen LogP contribution in [-0.4, -0.2) is 33.5 Å². The molecule has 0 unspecified atom stereocenters. The van der Waals surface area contributed by atoms with Gasteiger partial charge in [-0.3, -0.25) is 0 Å². The van der Waals surface area contributed by atoms with Gasteiger partial charge < -0.3 is 10.1 Å². The molecule has 0 bridgehead atoms. The molecule has 2 heterocycles. The Morgan fingerprint density at radius 2 is 2.15 bits per heavy atom. The van der Waals surface area contributed by atoms with Crippen LogP contribution in [0.2, 0.25) is 0 Å². The van der Waals surface area contributed by atoms with Crippen molar-refractivity contribution in [1.29, 1.82) is 0 Å². The van der Waals surface area contributed by atoms with Crippen LogP contribution in [-0.2, 0) is 10.5 Å². The summed E-state index contributed by atoms with van der Waals surface area (Å²) in [5, 5.41) is 8.95. The lowest BCUT2D eigenvalue weighted by Crippen LogP contribution is -2.31. The van der Waals surface area contributed by atoms with Crippen LogP contribution in [0.25, 0.3) is 0 Å². The van der Waals surface area contributed by atoms with Crippen molar-refractivity contribution < 1.29 is 9.90 Å². The molecule has 6 heteroatoms. The van der Waals surface area contributed by atoms with E-state index in [4.69, 9.17) is 5.11 Å². The second-order valence-corrected chi connectivity index (χ2v) is 2.47. The molecule has 0 radical (unpaired) electrons. The van der Waals surface area contributed by atoms with E-state index in [1.54, 1.807) is 0 Å². The smallest absolute Gasteiger partial charge is 0.362 e. The largest absolute Gasteiger partial charge is 0.478 e. The number of aliphatic carboxylic acids is 1. The molecule has 0 saturated heterocycles. The molecule has 0 fully saturated rings. The SMILES string of the molecule is O=C(O)C1(c2ncc[nH]2)N=CC=N1. The fraction of sp³-hybridized carbons (Fsp3) is 0.143. The Kier molecular flexibility index (Phi) is 1.48. The van der Waals surface area contributed by atoms with Crippen molar-refractivity contribution in [1.82, 2.24) is 9.97 Å². The van der Waals surface area contributed by atoms with Gasteiger partial charge >= 0.3 is 11.6 Å². The predicted octanol–water partition coefficient (Wildman–Crippen LogP) is -0.198. The van der Waals surface area contributed by atoms with E-state index in [1.165, 1.54) is 24.8 Å². The minimum absolute atomic E-state index is 0.213. The van der Waals surface area contributed by atoms with Gasteiger partial charge in [0.2, 0.25) is 0 Å². The number of nitrogens with one attached hydrogen (secondary N) is 1. The fourth-order valence-corrected chi connectivity index (χ4v) is 1.11. The van der Waals surface area contributed by atoms with E-state index >= 15 is 0 Å². The third kappa shape index (κ3) is 0.952. The molecule has 1 aromatic rings. The lowest BCUT2D eigenvalue weighted by atomic mass is 10.2. The zero-order chi connectivity index (χ0) is 9.31. The van der Waals surface area contributed by atoms with Crippen LogP contribution >= 0.6 is 0 Å². The highest BCUT2D eigenvalue weighted by molar-refractivity contribution is 6.19. The van der Waals surface area contributed by atoms with Gasteiger partial charge in [-0.1, -0.05) is 0 Å². The van der Waals surface area contributed by atoms with Crippen LogP contribution in [0.5, 0.6) is 0 Å². The number of hydrogen-bond donors (Lipinski definition) is 2. The van der Waals surface area contributed by atoms with Crippen LogP contribution in [0.1, 0.15) is 5.82 Å². The summed E-state index contributed by atoms with van der Waals surface area (Å²) in [7, 11) is 0. The molecule has 1 aromatic heterocycles. The number of nitrogens with zero attached hydrogens (tertiary/aromatic N) is 3. The van der Waals surface area contributed by atoms with E-state index in [0.29, 0.717) is 0 Å². The summed E-state index contributed by atoms with van der Waals surface area (Å²) in [5.74, 6) is -0.933. The Balaban J connectivity index is 2.53. The van der Waals surface area contributed by atoms with Gasteiger partial charge in [-0.15, -0.1) is 0 Å². The van der Waals surface area contributed by atoms with E-state index < -0.39 is 11.6 Å². The summed E-state index contributed by atoms with van der Waals surface area (Å²) in [4.78, 5) is 25.0. The first kappa shape index (κ1) is 7.66. The van der Waals surface area contributed by atoms with Gasteiger partial charge in [-0.2, -0.15) is 0 Å². The number of aliphatic imine (C=N–C) groups is 2. The summed E-state index contributed by atoms with van der Waals surface area (Å²) in [5.41, 5.74) is -1.59. The minimum atomic E-state index is -1.59. The second-order valence-electron chi connectivity index (χ2n) is 2.47. The summed E-state index contributed by atoms with van der Waals surface area (Å²) in [6, 6.07) is 0. The Labute approximate surface area is 73.1 Å². The number of H-pyrrole nitrogens is 1. The van der Waals surface area contributed by atoms with Crippen LogP contribution in [0, 0.1) is 0 Å². The molecule has 0 amide bonds. The minimum Gasteiger partial charge on any atom is -0.478 e. The molecule has 0 spiro atoms. The number of carboxylic acids is 1. The third-order valence-corrected chi connectivity index (χ3v) is 1.72. The van der Waals surface area contributed by atoms with Gasteiger partial charge in [0.1, 0.15) is 0 Å². The average Bonchev–Trinajstić information content (AvgIpc) is 2.75. The molecule has 1 aliphatic rings. The number of carboxylic acid groups (broad SMARTS) is 1. The monoisotopic (exact) mass is 178 g/mol. The van der Waals surface area contributed by atoms with Crippen LogP contribution in [0.15, 0.2) is 22.4 Å². The summed E-state index contributed by atoms with van der Waals surface area (Å²) < 4.78 is 0. The highest BCUT2D eigenvalue weighted by Crippen LogP contribution is 2.26. The summed E-state index contributed by atoms with van der Waals surface area (Å²) in [6.45, 7) is 0. The Morgan fingerprint density at radius 1 is 1.46 bits per heavy atom. The first-order valence-corrected chi connectivity index (χ1v) is 3.58. The summed E-state index contributed by atoms with van der Waals surface area (Å²) >= 11 is 0. The first-order chi connectivity index (χ1) is 6.26. The molecule has 1 aliphatic heterocycles. The lowest BCUT2D eigenvalue weighted by Gasteiger charge is -2.13. The summed E-state index contributed by atoms with van der Waals surface area (Å²) in [6.07, 6.45) is 5.68. The van der Waals surface area contributed by atoms with Gasteiger partial charge in [-0.25, -0.2) is 19.8 Å². The number of rotatable bonds is 2. The van der Waals surface area contributed by atoms with Crippen molar-refractivity contribution in [3.63, 3.8) is 0 Å². The van der Waals surface area contributed by atoms with Crippen molar-refractivity contribution in [2.75, 3.05) is 0 Å².